The molecule has 200 valence electrons. The number of hydrogen-bond acceptors (Lipinski definition) is 7. The molecule has 12 nitrogen and oxygen atoms in total. The maximum absolute atomic E-state index is 12.4. The first-order valence-electron chi connectivity index (χ1n) is 12.1. The van der Waals surface area contributed by atoms with Gasteiger partial charge in [-0.25, -0.2) is 4.79 Å². The van der Waals surface area contributed by atoms with Gasteiger partial charge in [0.05, 0.1) is 6.04 Å². The lowest BCUT2D eigenvalue weighted by molar-refractivity contribution is -0.145. The van der Waals surface area contributed by atoms with E-state index in [4.69, 9.17) is 21.3 Å². The molecule has 1 aliphatic rings. The summed E-state index contributed by atoms with van der Waals surface area (Å²) >= 11 is 0. The number of aliphatic hydroxyl groups is 1. The van der Waals surface area contributed by atoms with Gasteiger partial charge in [-0.05, 0) is 32.3 Å². The number of carboxylic acids is 1. The summed E-state index contributed by atoms with van der Waals surface area (Å²) in [7, 11) is 0. The maximum Gasteiger partial charge on any atom is 0.329 e. The monoisotopic (exact) mass is 514 g/mol. The molecule has 2 aromatic rings. The number of nitrogens with one attached hydrogen (secondary N) is 3. The second-order valence-corrected chi connectivity index (χ2v) is 9.10. The largest absolute Gasteiger partial charge is 0.480 e. The van der Waals surface area contributed by atoms with Gasteiger partial charge in [0.2, 0.25) is 11.8 Å². The number of nitrogens with two attached hydrogens (primary N) is 2. The Morgan fingerprint density at radius 1 is 1.24 bits per heavy atom. The fourth-order valence-corrected chi connectivity index (χ4v) is 4.22. The summed E-state index contributed by atoms with van der Waals surface area (Å²) in [4.78, 5) is 38.0. The Labute approximate surface area is 214 Å². The Bertz CT molecular complexity index is 1190. The van der Waals surface area contributed by atoms with Crippen LogP contribution in [0.1, 0.15) is 43.1 Å². The number of fused-ring (bicyclic) bond motifs is 1. The minimum Gasteiger partial charge on any atom is -0.480 e. The third kappa shape index (κ3) is 7.08. The zero-order valence-electron chi connectivity index (χ0n) is 20.7. The second-order valence-electron chi connectivity index (χ2n) is 9.10. The van der Waals surface area contributed by atoms with Crippen LogP contribution < -0.4 is 22.1 Å². The zero-order valence-corrected chi connectivity index (χ0v) is 20.7. The number of carboxylic acid groups (broad SMARTS) is 1. The number of guanidine groups is 1. The number of unbranched alkanes of at least 4 members (excludes halogenated alkanes) is 1. The number of carbonyl (C=O) groups is 3. The number of aliphatic carboxylic acids is 1. The van der Waals surface area contributed by atoms with E-state index in [0.717, 1.165) is 11.0 Å². The first-order chi connectivity index (χ1) is 17.6. The molecule has 3 unspecified atom stereocenters. The quantitative estimate of drug-likeness (QED) is 0.0908. The van der Waals surface area contributed by atoms with Gasteiger partial charge in [0, 0.05) is 37.0 Å². The van der Waals surface area contributed by atoms with Crippen molar-refractivity contribution in [1.82, 2.24) is 15.5 Å². The van der Waals surface area contributed by atoms with Crippen LogP contribution >= 0.6 is 0 Å². The Kier molecular flexibility index (Phi) is 9.25. The van der Waals surface area contributed by atoms with Crippen LogP contribution in [0.25, 0.3) is 11.0 Å². The highest BCUT2D eigenvalue weighted by Gasteiger charge is 2.33. The maximum atomic E-state index is 12.4. The molecule has 3 atom stereocenters. The van der Waals surface area contributed by atoms with Crippen molar-refractivity contribution in [2.75, 3.05) is 19.6 Å². The summed E-state index contributed by atoms with van der Waals surface area (Å²) in [6.45, 7) is 3.03. The van der Waals surface area contributed by atoms with Crippen molar-refractivity contribution in [2.45, 2.75) is 50.8 Å². The number of furan rings is 1. The Balaban J connectivity index is 1.40. The first-order valence-corrected chi connectivity index (χ1v) is 12.1. The SMILES string of the molecule is Cc1c(C(O)C(NC(=O)CCCCNC(=O)C(N)CC2=CCN(C(=N)N)C2)C(=O)O)oc2ccccc12. The fraction of sp³-hybridized carbons (Fsp3) is 0.440. The summed E-state index contributed by atoms with van der Waals surface area (Å²) in [5.41, 5.74) is 13.5. The van der Waals surface area contributed by atoms with E-state index in [1.807, 2.05) is 12.1 Å². The van der Waals surface area contributed by atoms with Gasteiger partial charge in [-0.1, -0.05) is 29.8 Å². The lowest BCUT2D eigenvalue weighted by Gasteiger charge is -2.19. The normalized spacial score (nSPS) is 15.6. The Morgan fingerprint density at radius 2 is 1.97 bits per heavy atom. The van der Waals surface area contributed by atoms with Gasteiger partial charge < -0.3 is 41.6 Å². The molecule has 0 fully saturated rings. The summed E-state index contributed by atoms with van der Waals surface area (Å²) in [5.74, 6) is -2.17. The van der Waals surface area contributed by atoms with Crippen LogP contribution in [-0.4, -0.2) is 70.6 Å². The van der Waals surface area contributed by atoms with E-state index in [1.54, 1.807) is 30.0 Å². The molecule has 0 bridgehead atoms. The van der Waals surface area contributed by atoms with E-state index in [0.29, 0.717) is 50.0 Å². The highest BCUT2D eigenvalue weighted by atomic mass is 16.4. The molecule has 1 aromatic carbocycles. The van der Waals surface area contributed by atoms with Crippen LogP contribution in [0.2, 0.25) is 0 Å². The van der Waals surface area contributed by atoms with Gasteiger partial charge in [0.15, 0.2) is 12.0 Å². The number of aliphatic hydroxyl groups excluding tert-OH is 1. The predicted octanol–water partition coefficient (Wildman–Crippen LogP) is 0.483. The molecule has 37 heavy (non-hydrogen) atoms. The minimum atomic E-state index is -1.58. The average molecular weight is 515 g/mol. The topological polar surface area (TPSA) is 208 Å². The molecule has 1 aromatic heterocycles. The zero-order chi connectivity index (χ0) is 27.1. The third-order valence-electron chi connectivity index (χ3n) is 6.33. The third-order valence-corrected chi connectivity index (χ3v) is 6.33. The predicted molar refractivity (Wildman–Crippen MR) is 137 cm³/mol. The summed E-state index contributed by atoms with van der Waals surface area (Å²) in [5, 5.41) is 33.6. The molecule has 1 aliphatic heterocycles. The molecule has 0 saturated heterocycles. The van der Waals surface area contributed by atoms with Gasteiger partial charge in [0.1, 0.15) is 17.4 Å². The number of amides is 2. The van der Waals surface area contributed by atoms with Crippen molar-refractivity contribution >= 4 is 34.7 Å². The van der Waals surface area contributed by atoms with Crippen LogP contribution in [0, 0.1) is 12.3 Å². The number of carbonyl (C=O) groups excluding carboxylic acids is 2. The molecular weight excluding hydrogens is 480 g/mol. The van der Waals surface area contributed by atoms with Crippen LogP contribution in [-0.2, 0) is 14.4 Å². The van der Waals surface area contributed by atoms with Crippen molar-refractivity contribution < 1.29 is 29.0 Å². The van der Waals surface area contributed by atoms with Crippen LogP contribution in [0.4, 0.5) is 0 Å². The van der Waals surface area contributed by atoms with Gasteiger partial charge >= 0.3 is 5.97 Å². The molecule has 9 N–H and O–H groups in total. The summed E-state index contributed by atoms with van der Waals surface area (Å²) < 4.78 is 5.65. The van der Waals surface area contributed by atoms with Crippen LogP contribution in [0.3, 0.4) is 0 Å². The molecule has 0 radical (unpaired) electrons. The molecule has 0 aliphatic carbocycles. The van der Waals surface area contributed by atoms with E-state index in [-0.39, 0.29) is 24.0 Å². The van der Waals surface area contributed by atoms with Crippen LogP contribution in [0.15, 0.2) is 40.3 Å². The molecule has 2 heterocycles. The van der Waals surface area contributed by atoms with Gasteiger partial charge in [-0.3, -0.25) is 15.0 Å². The number of benzene rings is 1. The van der Waals surface area contributed by atoms with Crippen LogP contribution in [0.5, 0.6) is 0 Å². The van der Waals surface area contributed by atoms with E-state index in [9.17, 15) is 24.6 Å². The first kappa shape index (κ1) is 27.7. The van der Waals surface area contributed by atoms with Crippen molar-refractivity contribution in [3.8, 4) is 0 Å². The average Bonchev–Trinajstić information content (AvgIpc) is 3.46. The standard InChI is InChI=1S/C25H34N6O6/c1-14-16-6-2-3-7-18(16)37-22(14)21(33)20(24(35)36)30-19(32)8-4-5-10-29-23(34)17(26)12-15-9-11-31(13-15)25(27)28/h2-3,6-7,9,17,20-21,33H,4-5,8,10-13,26H2,1H3,(H3,27,28)(H,29,34)(H,30,32)(H,35,36). The number of para-hydroxylation sites is 1. The minimum absolute atomic E-state index is 0.0192. The van der Waals surface area contributed by atoms with Crippen molar-refractivity contribution in [3.05, 3.63) is 47.2 Å². The lowest BCUT2D eigenvalue weighted by atomic mass is 10.0. The molecule has 12 heteroatoms. The Hall–Kier alpha value is -3.90. The van der Waals surface area contributed by atoms with Crippen molar-refractivity contribution in [2.24, 2.45) is 11.5 Å². The van der Waals surface area contributed by atoms with E-state index >= 15 is 0 Å². The Morgan fingerprint density at radius 3 is 2.62 bits per heavy atom. The second kappa shape index (κ2) is 12.4. The van der Waals surface area contributed by atoms with E-state index in [2.05, 4.69) is 10.6 Å². The van der Waals surface area contributed by atoms with Gasteiger partial charge in [-0.2, -0.15) is 0 Å². The highest BCUT2D eigenvalue weighted by Crippen LogP contribution is 2.31. The molecule has 3 rings (SSSR count). The molecular formula is C25H34N6O6. The van der Waals surface area contributed by atoms with Gasteiger partial charge in [-0.15, -0.1) is 0 Å². The van der Waals surface area contributed by atoms with E-state index < -0.39 is 30.1 Å². The van der Waals surface area contributed by atoms with Gasteiger partial charge in [0.25, 0.3) is 0 Å². The number of hydrogen-bond donors (Lipinski definition) is 7. The molecule has 0 saturated carbocycles. The smallest absolute Gasteiger partial charge is 0.329 e. The summed E-state index contributed by atoms with van der Waals surface area (Å²) in [6, 6.07) is 4.79. The molecule has 0 spiro atoms. The lowest BCUT2D eigenvalue weighted by Crippen LogP contribution is -2.45. The molecule has 2 amide bonds. The number of nitrogens with zero attached hydrogens (tertiary/aromatic N) is 1. The van der Waals surface area contributed by atoms with Crippen molar-refractivity contribution in [1.29, 1.82) is 5.41 Å². The summed E-state index contributed by atoms with van der Waals surface area (Å²) in [6.07, 6.45) is 1.60. The fourth-order valence-electron chi connectivity index (χ4n) is 4.22. The van der Waals surface area contributed by atoms with Crippen molar-refractivity contribution in [3.63, 3.8) is 0 Å². The highest BCUT2D eigenvalue weighted by molar-refractivity contribution is 5.86. The number of aryl methyl sites for hydroxylation is 1. The number of rotatable bonds is 12. The van der Waals surface area contributed by atoms with E-state index in [1.165, 1.54) is 0 Å².